The van der Waals surface area contributed by atoms with Crippen molar-refractivity contribution in [1.29, 1.82) is 0 Å². The standard InChI is InChI=1S/C28H27N5/c1-19-16-24(20-8-4-2-5-9-20)31-25-17-22(12-13-23(19)25)28-32-27(21-10-6-3-7-11-21)26-18-30-14-15-33(26,28)29/h2-5,8-9,12-18,21H,6-7,10-11,29H2,1H3/q+1. The van der Waals surface area contributed by atoms with Crippen LogP contribution in [-0.4, -0.2) is 21.6 Å². The van der Waals surface area contributed by atoms with Gasteiger partial charge < -0.3 is 0 Å². The van der Waals surface area contributed by atoms with Gasteiger partial charge in [-0.15, -0.1) is 4.59 Å². The van der Waals surface area contributed by atoms with Crippen molar-refractivity contribution in [3.8, 4) is 11.3 Å². The van der Waals surface area contributed by atoms with Gasteiger partial charge >= 0.3 is 0 Å². The van der Waals surface area contributed by atoms with E-state index in [9.17, 15) is 0 Å². The molecule has 2 aliphatic heterocycles. The lowest BCUT2D eigenvalue weighted by Crippen LogP contribution is -2.53. The second-order valence-corrected chi connectivity index (χ2v) is 9.12. The fraction of sp³-hybridized carbons (Fsp3) is 0.214. The third-order valence-electron chi connectivity index (χ3n) is 6.99. The van der Waals surface area contributed by atoms with Crippen LogP contribution in [0.3, 0.4) is 0 Å². The average molecular weight is 434 g/mol. The van der Waals surface area contributed by atoms with Crippen molar-refractivity contribution in [2.24, 2.45) is 21.7 Å². The monoisotopic (exact) mass is 433 g/mol. The molecule has 3 aromatic rings. The highest BCUT2D eigenvalue weighted by molar-refractivity contribution is 6.03. The van der Waals surface area contributed by atoms with Crippen molar-refractivity contribution < 1.29 is 4.59 Å². The van der Waals surface area contributed by atoms with Crippen LogP contribution in [0.5, 0.6) is 0 Å². The Bertz CT molecular complexity index is 1360. The lowest BCUT2D eigenvalue weighted by molar-refractivity contribution is -0.750. The topological polar surface area (TPSA) is 63.6 Å². The van der Waals surface area contributed by atoms with Gasteiger partial charge in [-0.05, 0) is 62.8 Å². The van der Waals surface area contributed by atoms with Crippen molar-refractivity contribution >= 4 is 23.0 Å². The number of allylic oxidation sites excluding steroid dienone is 2. The number of nitrogens with two attached hydrogens (primary N) is 1. The van der Waals surface area contributed by atoms with Crippen LogP contribution in [0.4, 0.5) is 0 Å². The van der Waals surface area contributed by atoms with E-state index < -0.39 is 0 Å². The average Bonchev–Trinajstić information content (AvgIpc) is 3.18. The summed E-state index contributed by atoms with van der Waals surface area (Å²) in [7, 11) is 0. The predicted molar refractivity (Wildman–Crippen MR) is 134 cm³/mol. The van der Waals surface area contributed by atoms with E-state index in [-0.39, 0.29) is 4.59 Å². The first-order chi connectivity index (χ1) is 16.1. The fourth-order valence-electron chi connectivity index (χ4n) is 5.20. The zero-order valence-electron chi connectivity index (χ0n) is 18.8. The maximum absolute atomic E-state index is 6.98. The smallest absolute Gasteiger partial charge is 0.253 e. The molecule has 1 fully saturated rings. The number of aliphatic imine (C=N–C) groups is 2. The Labute approximate surface area is 194 Å². The molecule has 5 heteroatoms. The zero-order valence-corrected chi connectivity index (χ0v) is 18.8. The molecule has 1 aliphatic carbocycles. The molecule has 2 N–H and O–H groups in total. The normalized spacial score (nSPS) is 22.7. The minimum atomic E-state index is 0.0713. The number of aromatic nitrogens is 1. The second kappa shape index (κ2) is 7.87. The summed E-state index contributed by atoms with van der Waals surface area (Å²) in [6.07, 6.45) is 12.5. The number of amidine groups is 1. The molecule has 33 heavy (non-hydrogen) atoms. The summed E-state index contributed by atoms with van der Waals surface area (Å²) in [4.78, 5) is 14.6. The summed E-state index contributed by atoms with van der Waals surface area (Å²) >= 11 is 0. The van der Waals surface area contributed by atoms with Gasteiger partial charge in [0.2, 0.25) is 5.70 Å². The van der Waals surface area contributed by atoms with Gasteiger partial charge in [-0.3, -0.25) is 4.99 Å². The number of aryl methyl sites for hydroxylation is 1. The molecule has 3 aliphatic rings. The molecule has 0 saturated heterocycles. The molecule has 0 spiro atoms. The first-order valence-electron chi connectivity index (χ1n) is 11.6. The van der Waals surface area contributed by atoms with Crippen LogP contribution < -0.4 is 5.84 Å². The van der Waals surface area contributed by atoms with Gasteiger partial charge in [-0.2, -0.15) is 10.8 Å². The SMILES string of the molecule is Cc1cc(-c2ccccc2)nc2cc(C3=NC(C4CC[CH]CC4)=C4C=NC=C[N+]34N)ccc12. The molecule has 1 atom stereocenters. The first kappa shape index (κ1) is 20.2. The number of benzene rings is 2. The van der Waals surface area contributed by atoms with Gasteiger partial charge in [0, 0.05) is 16.9 Å². The molecule has 1 unspecified atom stereocenters. The number of quaternary nitrogens is 1. The van der Waals surface area contributed by atoms with Crippen LogP contribution in [0, 0.1) is 19.3 Å². The van der Waals surface area contributed by atoms with Crippen LogP contribution in [0.25, 0.3) is 22.2 Å². The van der Waals surface area contributed by atoms with Gasteiger partial charge in [0.15, 0.2) is 0 Å². The van der Waals surface area contributed by atoms with Crippen molar-refractivity contribution in [2.75, 3.05) is 0 Å². The Morgan fingerprint density at radius 2 is 1.79 bits per heavy atom. The quantitative estimate of drug-likeness (QED) is 0.418. The molecule has 6 rings (SSSR count). The van der Waals surface area contributed by atoms with E-state index in [2.05, 4.69) is 54.7 Å². The van der Waals surface area contributed by atoms with Crippen LogP contribution in [0.1, 0.15) is 36.8 Å². The Morgan fingerprint density at radius 1 is 0.970 bits per heavy atom. The van der Waals surface area contributed by atoms with Crippen LogP contribution in [0.2, 0.25) is 0 Å². The number of pyridine rings is 1. The van der Waals surface area contributed by atoms with Crippen molar-refractivity contribution in [1.82, 2.24) is 4.98 Å². The van der Waals surface area contributed by atoms with Gasteiger partial charge in [-0.25, -0.2) is 4.98 Å². The molecule has 0 amide bonds. The highest BCUT2D eigenvalue weighted by Crippen LogP contribution is 2.40. The largest absolute Gasteiger partial charge is 0.264 e. The maximum Gasteiger partial charge on any atom is 0.264 e. The van der Waals surface area contributed by atoms with Crippen molar-refractivity contribution in [2.45, 2.75) is 32.6 Å². The van der Waals surface area contributed by atoms with E-state index in [0.29, 0.717) is 5.92 Å². The third-order valence-corrected chi connectivity index (χ3v) is 6.99. The Balaban J connectivity index is 1.47. The van der Waals surface area contributed by atoms with E-state index in [1.54, 1.807) is 6.20 Å². The summed E-state index contributed by atoms with van der Waals surface area (Å²) in [6, 6.07) is 18.9. The van der Waals surface area contributed by atoms with Crippen LogP contribution in [-0.2, 0) is 0 Å². The number of fused-ring (bicyclic) bond motifs is 2. The van der Waals surface area contributed by atoms with Crippen LogP contribution >= 0.6 is 0 Å². The minimum absolute atomic E-state index is 0.0713. The highest BCUT2D eigenvalue weighted by Gasteiger charge is 2.45. The van der Waals surface area contributed by atoms with E-state index in [4.69, 9.17) is 15.8 Å². The van der Waals surface area contributed by atoms with Gasteiger partial charge in [0.1, 0.15) is 11.9 Å². The van der Waals surface area contributed by atoms with Crippen molar-refractivity contribution in [3.05, 3.63) is 95.9 Å². The molecule has 3 heterocycles. The van der Waals surface area contributed by atoms with Gasteiger partial charge in [-0.1, -0.05) is 36.4 Å². The Morgan fingerprint density at radius 3 is 2.61 bits per heavy atom. The Hall–Kier alpha value is -3.41. The third kappa shape index (κ3) is 3.36. The zero-order chi connectivity index (χ0) is 22.4. The fourth-order valence-corrected chi connectivity index (χ4v) is 5.20. The summed E-state index contributed by atoms with van der Waals surface area (Å²) in [5.74, 6) is 8.23. The molecule has 2 aromatic carbocycles. The molecule has 1 saturated carbocycles. The number of rotatable bonds is 3. The summed E-state index contributed by atoms with van der Waals surface area (Å²) < 4.78 is 0.0713. The molecular formula is C28H27N5+. The number of nitrogens with zero attached hydrogens (tertiary/aromatic N) is 4. The Kier molecular flexibility index (Phi) is 4.82. The summed E-state index contributed by atoms with van der Waals surface area (Å²) in [5.41, 5.74) is 7.33. The minimum Gasteiger partial charge on any atom is -0.253 e. The van der Waals surface area contributed by atoms with E-state index in [1.165, 1.54) is 5.56 Å². The number of hydrogen-bond acceptors (Lipinski definition) is 4. The summed E-state index contributed by atoms with van der Waals surface area (Å²) in [5, 5.41) is 1.15. The molecule has 163 valence electrons. The van der Waals surface area contributed by atoms with E-state index in [0.717, 1.165) is 70.6 Å². The molecule has 0 bridgehead atoms. The molecular weight excluding hydrogens is 406 g/mol. The molecule has 5 nitrogen and oxygen atoms in total. The maximum atomic E-state index is 6.98. The van der Waals surface area contributed by atoms with E-state index >= 15 is 0 Å². The lowest BCUT2D eigenvalue weighted by Gasteiger charge is -2.27. The summed E-state index contributed by atoms with van der Waals surface area (Å²) in [6.45, 7) is 2.14. The predicted octanol–water partition coefficient (Wildman–Crippen LogP) is 5.82. The second-order valence-electron chi connectivity index (χ2n) is 9.12. The number of hydrogen-bond donors (Lipinski definition) is 1. The molecule has 1 radical (unpaired) electrons. The highest BCUT2D eigenvalue weighted by atomic mass is 15.6. The van der Waals surface area contributed by atoms with Gasteiger partial charge in [0.05, 0.1) is 29.2 Å². The lowest BCUT2D eigenvalue weighted by atomic mass is 9.86. The first-order valence-corrected chi connectivity index (χ1v) is 11.6. The molecule has 1 aromatic heterocycles. The van der Waals surface area contributed by atoms with Gasteiger partial charge in [0.25, 0.3) is 5.84 Å². The van der Waals surface area contributed by atoms with Crippen molar-refractivity contribution in [3.63, 3.8) is 0 Å². The van der Waals surface area contributed by atoms with E-state index in [1.807, 2.05) is 30.6 Å². The van der Waals surface area contributed by atoms with Crippen LogP contribution in [0.15, 0.2) is 88.4 Å².